The molecule has 1 nitrogen and oxygen atoms in total. The highest BCUT2D eigenvalue weighted by atomic mass is 15.1. The molecular formula is C59H37N. The van der Waals surface area contributed by atoms with Gasteiger partial charge < -0.3 is 4.90 Å². The molecule has 0 heterocycles. The molecule has 1 spiro atoms. The molecule has 0 saturated carbocycles. The van der Waals surface area contributed by atoms with Crippen molar-refractivity contribution in [2.75, 3.05) is 4.90 Å². The third kappa shape index (κ3) is 4.47. The topological polar surface area (TPSA) is 3.24 Å². The van der Waals surface area contributed by atoms with Crippen LogP contribution in [0.1, 0.15) is 22.3 Å². The molecule has 11 aromatic carbocycles. The normalized spacial score (nSPS) is 13.1. The van der Waals surface area contributed by atoms with E-state index in [1.54, 1.807) is 0 Å². The molecule has 1 heteroatoms. The van der Waals surface area contributed by atoms with Crippen molar-refractivity contribution in [3.63, 3.8) is 0 Å². The lowest BCUT2D eigenvalue weighted by Crippen LogP contribution is -2.28. The summed E-state index contributed by atoms with van der Waals surface area (Å²) in [6, 6.07) is 83.8. The van der Waals surface area contributed by atoms with Crippen molar-refractivity contribution < 1.29 is 0 Å². The van der Waals surface area contributed by atoms with Gasteiger partial charge in [0.1, 0.15) is 0 Å². The van der Waals surface area contributed by atoms with Crippen molar-refractivity contribution >= 4 is 60.2 Å². The van der Waals surface area contributed by atoms with Gasteiger partial charge in [0.25, 0.3) is 0 Å². The minimum atomic E-state index is -0.513. The first-order valence-electron chi connectivity index (χ1n) is 20.9. The molecule has 0 amide bonds. The lowest BCUT2D eigenvalue weighted by atomic mass is 9.70. The molecule has 2 aliphatic carbocycles. The van der Waals surface area contributed by atoms with E-state index in [-0.39, 0.29) is 0 Å². The van der Waals surface area contributed by atoms with Crippen molar-refractivity contribution in [1.29, 1.82) is 0 Å². The summed E-state index contributed by atoms with van der Waals surface area (Å²) in [5, 5.41) is 10.1. The van der Waals surface area contributed by atoms with Crippen LogP contribution in [-0.4, -0.2) is 0 Å². The first kappa shape index (κ1) is 33.3. The second-order valence-electron chi connectivity index (χ2n) is 16.3. The zero-order valence-electron chi connectivity index (χ0n) is 32.8. The maximum absolute atomic E-state index is 2.55. The molecule has 0 aromatic heterocycles. The molecule has 2 aliphatic rings. The Kier molecular flexibility index (Phi) is 7.00. The number of fused-ring (bicyclic) bond motifs is 17. The highest BCUT2D eigenvalue weighted by Crippen LogP contribution is 2.65. The molecule has 0 atom stereocenters. The fraction of sp³-hybridized carbons (Fsp3) is 0.0169. The Morgan fingerprint density at radius 1 is 0.283 bits per heavy atom. The van der Waals surface area contributed by atoms with Gasteiger partial charge in [0.15, 0.2) is 0 Å². The summed E-state index contributed by atoms with van der Waals surface area (Å²) < 4.78 is 0. The van der Waals surface area contributed by atoms with E-state index in [2.05, 4.69) is 229 Å². The Bertz CT molecular complexity index is 3470. The predicted octanol–water partition coefficient (Wildman–Crippen LogP) is 15.8. The lowest BCUT2D eigenvalue weighted by molar-refractivity contribution is 0.793. The molecule has 0 saturated heterocycles. The van der Waals surface area contributed by atoms with Crippen LogP contribution in [0, 0.1) is 0 Å². The van der Waals surface area contributed by atoms with E-state index in [1.807, 2.05) is 0 Å². The molecule has 13 rings (SSSR count). The van der Waals surface area contributed by atoms with Gasteiger partial charge in [-0.1, -0.05) is 194 Å². The minimum absolute atomic E-state index is 0.513. The monoisotopic (exact) mass is 759 g/mol. The van der Waals surface area contributed by atoms with Crippen molar-refractivity contribution in [3.8, 4) is 33.4 Å². The molecule has 11 aromatic rings. The van der Waals surface area contributed by atoms with Crippen LogP contribution in [0.5, 0.6) is 0 Å². The molecule has 0 aliphatic heterocycles. The van der Waals surface area contributed by atoms with Crippen LogP contribution in [0.25, 0.3) is 76.5 Å². The smallest absolute Gasteiger partial charge is 0.0746 e. The van der Waals surface area contributed by atoms with Gasteiger partial charge in [0.2, 0.25) is 0 Å². The Labute approximate surface area is 349 Å². The van der Waals surface area contributed by atoms with Gasteiger partial charge in [-0.3, -0.25) is 0 Å². The molecule has 0 fully saturated rings. The summed E-state index contributed by atoms with van der Waals surface area (Å²) in [5.41, 5.74) is 15.8. The quantitative estimate of drug-likeness (QED) is 0.162. The van der Waals surface area contributed by atoms with E-state index in [9.17, 15) is 0 Å². The zero-order chi connectivity index (χ0) is 39.4. The van der Waals surface area contributed by atoms with E-state index in [0.29, 0.717) is 0 Å². The SMILES string of the molecule is c1cc(-c2cccc3ccccc23)cc(N(c2ccc3c4ccccc4c4ccccc4c3c2)c2cccc3c2C2(c4ccccc4-c4ccccc42)c2ccccc2-3)c1. The van der Waals surface area contributed by atoms with Gasteiger partial charge in [-0.15, -0.1) is 0 Å². The van der Waals surface area contributed by atoms with Gasteiger partial charge in [0, 0.05) is 16.9 Å². The van der Waals surface area contributed by atoms with E-state index >= 15 is 0 Å². The molecule has 278 valence electrons. The average molecular weight is 760 g/mol. The first-order chi connectivity index (χ1) is 29.8. The Balaban J connectivity index is 1.15. The number of nitrogens with zero attached hydrogens (tertiary/aromatic N) is 1. The summed E-state index contributed by atoms with van der Waals surface area (Å²) in [5.74, 6) is 0. The maximum atomic E-state index is 2.55. The average Bonchev–Trinajstić information content (AvgIpc) is 3.79. The van der Waals surface area contributed by atoms with Crippen molar-refractivity contribution in [2.45, 2.75) is 5.41 Å². The van der Waals surface area contributed by atoms with E-state index < -0.39 is 5.41 Å². The van der Waals surface area contributed by atoms with Gasteiger partial charge in [-0.2, -0.15) is 0 Å². The molecule has 0 bridgehead atoms. The Morgan fingerprint density at radius 2 is 0.733 bits per heavy atom. The first-order valence-corrected chi connectivity index (χ1v) is 20.9. The molecule has 0 N–H and O–H groups in total. The zero-order valence-corrected chi connectivity index (χ0v) is 32.8. The third-order valence-electron chi connectivity index (χ3n) is 13.4. The molecule has 0 radical (unpaired) electrons. The number of anilines is 3. The maximum Gasteiger partial charge on any atom is 0.0746 e. The fourth-order valence-corrected chi connectivity index (χ4v) is 11.1. The minimum Gasteiger partial charge on any atom is -0.310 e. The van der Waals surface area contributed by atoms with Crippen LogP contribution in [-0.2, 0) is 5.41 Å². The van der Waals surface area contributed by atoms with Gasteiger partial charge in [-0.25, -0.2) is 0 Å². The van der Waals surface area contributed by atoms with Crippen LogP contribution in [0.2, 0.25) is 0 Å². The van der Waals surface area contributed by atoms with Gasteiger partial charge >= 0.3 is 0 Å². The third-order valence-corrected chi connectivity index (χ3v) is 13.4. The standard InChI is InChI=1S/C59H37N/c1-2-20-42-38(16-1)17-14-28-43(42)39-18-13-19-40(36-39)60(41-34-35-48-46-23-4-3-21-44(46)45-22-5-6-24-47(45)53(48)37-41)57-33-15-29-52-51-27-9-12-32-56(51)59(58(52)57)54-30-10-7-25-49(54)50-26-8-11-31-55(50)59/h1-37H. The highest BCUT2D eigenvalue weighted by Gasteiger charge is 2.53. The summed E-state index contributed by atoms with van der Waals surface area (Å²) in [6.07, 6.45) is 0. The lowest BCUT2D eigenvalue weighted by Gasteiger charge is -2.36. The molecular weight excluding hydrogens is 723 g/mol. The Hall–Kier alpha value is -7.74. The van der Waals surface area contributed by atoms with Crippen LogP contribution < -0.4 is 4.90 Å². The molecule has 0 unspecified atom stereocenters. The molecule has 60 heavy (non-hydrogen) atoms. The summed E-state index contributed by atoms with van der Waals surface area (Å²) in [7, 11) is 0. The summed E-state index contributed by atoms with van der Waals surface area (Å²) in [6.45, 7) is 0. The van der Waals surface area contributed by atoms with Crippen molar-refractivity contribution in [3.05, 3.63) is 247 Å². The summed E-state index contributed by atoms with van der Waals surface area (Å²) >= 11 is 0. The number of benzene rings is 11. The van der Waals surface area contributed by atoms with Gasteiger partial charge in [-0.05, 0) is 123 Å². The number of hydrogen-bond donors (Lipinski definition) is 0. The Morgan fingerprint density at radius 3 is 1.40 bits per heavy atom. The number of hydrogen-bond acceptors (Lipinski definition) is 1. The second kappa shape index (κ2) is 12.6. The van der Waals surface area contributed by atoms with Crippen LogP contribution in [0.3, 0.4) is 0 Å². The largest absolute Gasteiger partial charge is 0.310 e. The van der Waals surface area contributed by atoms with Crippen molar-refractivity contribution in [1.82, 2.24) is 0 Å². The van der Waals surface area contributed by atoms with E-state index in [4.69, 9.17) is 0 Å². The van der Waals surface area contributed by atoms with Crippen molar-refractivity contribution in [2.24, 2.45) is 0 Å². The van der Waals surface area contributed by atoms with Crippen LogP contribution >= 0.6 is 0 Å². The van der Waals surface area contributed by atoms with Gasteiger partial charge in [0.05, 0.1) is 11.1 Å². The van der Waals surface area contributed by atoms with E-state index in [0.717, 1.165) is 11.4 Å². The van der Waals surface area contributed by atoms with Crippen LogP contribution in [0.15, 0.2) is 224 Å². The highest BCUT2D eigenvalue weighted by molar-refractivity contribution is 6.26. The number of rotatable bonds is 4. The predicted molar refractivity (Wildman–Crippen MR) is 253 cm³/mol. The summed E-state index contributed by atoms with van der Waals surface area (Å²) in [4.78, 5) is 2.55. The second-order valence-corrected chi connectivity index (χ2v) is 16.3. The van der Waals surface area contributed by atoms with Crippen LogP contribution in [0.4, 0.5) is 17.1 Å². The van der Waals surface area contributed by atoms with E-state index in [1.165, 1.54) is 104 Å². The fourth-order valence-electron chi connectivity index (χ4n) is 11.1.